The smallest absolute Gasteiger partial charge is 0.190 e. The third-order valence-electron chi connectivity index (χ3n) is 8.01. The number of ketones is 2. The molecule has 4 aliphatic rings. The Morgan fingerprint density at radius 3 is 2.68 bits per heavy atom. The van der Waals surface area contributed by atoms with E-state index in [1.165, 1.54) is 19.1 Å². The number of rotatable bonds is 2. The number of hydrogen-bond acceptors (Lipinski definition) is 5. The second-order valence-corrected chi connectivity index (χ2v) is 9.03. The molecule has 0 aromatic carbocycles. The molecule has 3 N–H and O–H groups in total. The molecule has 0 saturated heterocycles. The number of alkyl halides is 1. The molecule has 0 bridgehead atoms. The fourth-order valence-corrected chi connectivity index (χ4v) is 6.33. The largest absolute Gasteiger partial charge is 0.390 e. The second-order valence-electron chi connectivity index (χ2n) is 9.03. The first-order valence-electron chi connectivity index (χ1n) is 9.52. The van der Waals surface area contributed by atoms with Gasteiger partial charge in [0.25, 0.3) is 0 Å². The highest BCUT2D eigenvalue weighted by molar-refractivity contribution is 6.02. The highest BCUT2D eigenvalue weighted by Crippen LogP contribution is 2.69. The van der Waals surface area contributed by atoms with Gasteiger partial charge < -0.3 is 15.3 Å². The maximum Gasteiger partial charge on any atom is 0.190 e. The maximum atomic E-state index is 16.7. The third-order valence-corrected chi connectivity index (χ3v) is 8.01. The molecule has 4 rings (SSSR count). The summed E-state index contributed by atoms with van der Waals surface area (Å²) in [5, 5.41) is 31.3. The first-order valence-corrected chi connectivity index (χ1v) is 9.52. The van der Waals surface area contributed by atoms with Crippen LogP contribution in [-0.2, 0) is 9.59 Å². The molecule has 0 heterocycles. The summed E-state index contributed by atoms with van der Waals surface area (Å²) in [7, 11) is 0. The molecule has 152 valence electrons. The molecule has 28 heavy (non-hydrogen) atoms. The first-order chi connectivity index (χ1) is 13.0. The summed E-state index contributed by atoms with van der Waals surface area (Å²) in [4.78, 5) is 24.1. The maximum absolute atomic E-state index is 16.7. The highest BCUT2D eigenvalue weighted by atomic mass is 19.1. The van der Waals surface area contributed by atoms with Crippen LogP contribution in [0.1, 0.15) is 33.1 Å². The van der Waals surface area contributed by atoms with Crippen LogP contribution >= 0.6 is 0 Å². The number of allylic oxidation sites excluding steroid dienone is 6. The van der Waals surface area contributed by atoms with Gasteiger partial charge in [0.15, 0.2) is 17.2 Å². The van der Waals surface area contributed by atoms with Crippen LogP contribution in [0.3, 0.4) is 0 Å². The molecule has 0 amide bonds. The summed E-state index contributed by atoms with van der Waals surface area (Å²) >= 11 is 0. The number of halogens is 2. The molecule has 0 radical (unpaired) electrons. The molecular weight excluding hydrogens is 370 g/mol. The molecule has 4 aliphatic carbocycles. The van der Waals surface area contributed by atoms with Crippen molar-refractivity contribution in [2.45, 2.75) is 50.5 Å². The Kier molecular flexibility index (Phi) is 3.98. The summed E-state index contributed by atoms with van der Waals surface area (Å²) in [6.45, 7) is 2.20. The molecule has 0 aliphatic heterocycles. The lowest BCUT2D eigenvalue weighted by Crippen LogP contribution is -2.68. The van der Waals surface area contributed by atoms with Gasteiger partial charge in [-0.3, -0.25) is 9.59 Å². The van der Waals surface area contributed by atoms with Gasteiger partial charge in [-0.25, -0.2) is 8.78 Å². The number of hydrogen-bond donors (Lipinski definition) is 3. The van der Waals surface area contributed by atoms with Gasteiger partial charge in [0.05, 0.1) is 11.5 Å². The molecule has 0 aromatic heterocycles. The third kappa shape index (κ3) is 2.00. The molecule has 5 nitrogen and oxygen atoms in total. The van der Waals surface area contributed by atoms with Gasteiger partial charge in [-0.2, -0.15) is 0 Å². The Bertz CT molecular complexity index is 863. The number of aliphatic hydroxyl groups excluding tert-OH is 2. The molecule has 0 aromatic rings. The van der Waals surface area contributed by atoms with Crippen LogP contribution in [0.25, 0.3) is 0 Å². The van der Waals surface area contributed by atoms with Crippen molar-refractivity contribution in [3.8, 4) is 0 Å². The Hall–Kier alpha value is -1.70. The van der Waals surface area contributed by atoms with Crippen LogP contribution in [0.2, 0.25) is 0 Å². The average molecular weight is 394 g/mol. The van der Waals surface area contributed by atoms with E-state index in [2.05, 4.69) is 0 Å². The lowest BCUT2D eigenvalue weighted by molar-refractivity contribution is -0.203. The van der Waals surface area contributed by atoms with E-state index >= 15 is 4.39 Å². The van der Waals surface area contributed by atoms with Crippen LogP contribution in [0.15, 0.2) is 35.7 Å². The quantitative estimate of drug-likeness (QED) is 0.663. The molecule has 7 atom stereocenters. The summed E-state index contributed by atoms with van der Waals surface area (Å²) in [5.74, 6) is -3.65. The van der Waals surface area contributed by atoms with Crippen molar-refractivity contribution in [2.24, 2.45) is 22.7 Å². The van der Waals surface area contributed by atoms with Crippen molar-refractivity contribution in [3.05, 3.63) is 35.7 Å². The molecule has 1 unspecified atom stereocenters. The Morgan fingerprint density at radius 2 is 2.04 bits per heavy atom. The number of aliphatic hydroxyl groups is 3. The Labute approximate surface area is 161 Å². The van der Waals surface area contributed by atoms with E-state index < -0.39 is 64.0 Å². The summed E-state index contributed by atoms with van der Waals surface area (Å²) in [6, 6.07) is 0. The van der Waals surface area contributed by atoms with E-state index in [1.807, 2.05) is 0 Å². The minimum atomic E-state index is -2.30. The van der Waals surface area contributed by atoms with Gasteiger partial charge >= 0.3 is 0 Å². The Morgan fingerprint density at radius 1 is 1.36 bits per heavy atom. The molecular formula is C21H24F2O5. The molecule has 2 fully saturated rings. The normalized spacial score (nSPS) is 49.7. The predicted molar refractivity (Wildman–Crippen MR) is 95.4 cm³/mol. The lowest BCUT2D eigenvalue weighted by atomic mass is 9.46. The van der Waals surface area contributed by atoms with Crippen molar-refractivity contribution in [2.75, 3.05) is 6.61 Å². The predicted octanol–water partition coefficient (Wildman–Crippen LogP) is 1.72. The fourth-order valence-electron chi connectivity index (χ4n) is 6.33. The van der Waals surface area contributed by atoms with Crippen LogP contribution in [0.5, 0.6) is 0 Å². The van der Waals surface area contributed by atoms with E-state index in [4.69, 9.17) is 0 Å². The van der Waals surface area contributed by atoms with Gasteiger partial charge in [-0.15, -0.1) is 0 Å². The number of Topliss-reactive ketones (excluding diaryl/α,β-unsaturated/α-hetero) is 1. The van der Waals surface area contributed by atoms with Crippen molar-refractivity contribution in [1.82, 2.24) is 0 Å². The van der Waals surface area contributed by atoms with Gasteiger partial charge in [0.2, 0.25) is 0 Å². The fraction of sp³-hybridized carbons (Fsp3) is 0.619. The zero-order valence-electron chi connectivity index (χ0n) is 15.8. The Balaban J connectivity index is 1.90. The number of carbonyl (C=O) groups excluding carboxylic acids is 2. The molecule has 0 spiro atoms. The molecule has 7 heteroatoms. The van der Waals surface area contributed by atoms with Crippen LogP contribution in [0, 0.1) is 22.7 Å². The van der Waals surface area contributed by atoms with E-state index in [0.29, 0.717) is 0 Å². The van der Waals surface area contributed by atoms with E-state index in [1.54, 1.807) is 6.92 Å². The van der Waals surface area contributed by atoms with E-state index in [0.717, 1.165) is 12.2 Å². The van der Waals surface area contributed by atoms with Gasteiger partial charge in [0, 0.05) is 16.9 Å². The highest BCUT2D eigenvalue weighted by Gasteiger charge is 2.74. The first kappa shape index (κ1) is 19.6. The number of carbonyl (C=O) groups is 2. The summed E-state index contributed by atoms with van der Waals surface area (Å²) in [6.07, 6.45) is 3.10. The average Bonchev–Trinajstić information content (AvgIpc) is 2.91. The lowest BCUT2D eigenvalue weighted by Gasteiger charge is -2.60. The SMILES string of the molecule is C[C@]12C=CC(=O)C=C1C(F)=C[C@H]1[C@@H]3CC[C@](O)(C(=O)CO)[C@@]3(C)CC(O)[C@@]12F. The monoisotopic (exact) mass is 394 g/mol. The van der Waals surface area contributed by atoms with Gasteiger partial charge in [-0.1, -0.05) is 13.0 Å². The minimum Gasteiger partial charge on any atom is -0.390 e. The standard InChI is InChI=1S/C21H24F2O5/c1-18-5-3-11(25)7-14(18)15(22)8-13-12-4-6-20(28,17(27)10-24)19(12,2)9-16(26)21(13,18)23/h3,5,7-8,12-13,16,24,26,28H,4,6,9-10H2,1-2H3/t12-,13-,16?,18-,19-,20-,21-/m0/s1. The van der Waals surface area contributed by atoms with E-state index in [-0.39, 0.29) is 24.8 Å². The summed E-state index contributed by atoms with van der Waals surface area (Å²) < 4.78 is 31.7. The van der Waals surface area contributed by atoms with Crippen molar-refractivity contribution in [3.63, 3.8) is 0 Å². The van der Waals surface area contributed by atoms with Crippen molar-refractivity contribution >= 4 is 11.6 Å². The summed E-state index contributed by atoms with van der Waals surface area (Å²) in [5.41, 5.74) is -7.07. The van der Waals surface area contributed by atoms with Gasteiger partial charge in [0.1, 0.15) is 18.0 Å². The van der Waals surface area contributed by atoms with E-state index in [9.17, 15) is 29.3 Å². The zero-order valence-corrected chi connectivity index (χ0v) is 15.8. The minimum absolute atomic E-state index is 0.00998. The van der Waals surface area contributed by atoms with Crippen molar-refractivity contribution in [1.29, 1.82) is 0 Å². The topological polar surface area (TPSA) is 94.8 Å². The zero-order chi connectivity index (χ0) is 20.7. The number of fused-ring (bicyclic) bond motifs is 5. The van der Waals surface area contributed by atoms with Crippen LogP contribution < -0.4 is 0 Å². The van der Waals surface area contributed by atoms with Crippen LogP contribution in [-0.4, -0.2) is 50.9 Å². The van der Waals surface area contributed by atoms with Crippen LogP contribution in [0.4, 0.5) is 8.78 Å². The van der Waals surface area contributed by atoms with Crippen molar-refractivity contribution < 1.29 is 33.7 Å². The molecule has 2 saturated carbocycles. The second kappa shape index (κ2) is 5.68. The van der Waals surface area contributed by atoms with Gasteiger partial charge in [-0.05, 0) is 50.3 Å².